The zero-order valence-electron chi connectivity index (χ0n) is 13.1. The standard InChI is InChI=1S/C17H24O4/c1-4-5-7-10-17(11-8-6-9-12-17)13-14(15(18)20-2)16(19)21-3/h6,8-9,11,13H,4-5,7,10,12H2,1-3H3. The molecule has 0 saturated heterocycles. The van der Waals surface area contributed by atoms with Crippen molar-refractivity contribution < 1.29 is 19.1 Å². The van der Waals surface area contributed by atoms with Gasteiger partial charge in [0.05, 0.1) is 14.2 Å². The molecule has 116 valence electrons. The highest BCUT2D eigenvalue weighted by Gasteiger charge is 2.30. The quantitative estimate of drug-likeness (QED) is 0.237. The van der Waals surface area contributed by atoms with Gasteiger partial charge in [-0.25, -0.2) is 9.59 Å². The first-order chi connectivity index (χ1) is 10.1. The summed E-state index contributed by atoms with van der Waals surface area (Å²) >= 11 is 0. The molecule has 1 unspecified atom stereocenters. The second-order valence-corrected chi connectivity index (χ2v) is 5.22. The first-order valence-corrected chi connectivity index (χ1v) is 7.32. The van der Waals surface area contributed by atoms with Crippen LogP contribution in [0.15, 0.2) is 36.0 Å². The van der Waals surface area contributed by atoms with Crippen LogP contribution in [0.3, 0.4) is 0 Å². The Morgan fingerprint density at radius 1 is 1.14 bits per heavy atom. The molecule has 0 spiro atoms. The number of methoxy groups -OCH3 is 2. The average molecular weight is 292 g/mol. The van der Waals surface area contributed by atoms with E-state index in [9.17, 15) is 9.59 Å². The smallest absolute Gasteiger partial charge is 0.344 e. The van der Waals surface area contributed by atoms with Crippen LogP contribution in [0.2, 0.25) is 0 Å². The fourth-order valence-corrected chi connectivity index (χ4v) is 2.46. The predicted octanol–water partition coefficient (Wildman–Crippen LogP) is 3.34. The normalized spacial score (nSPS) is 20.0. The van der Waals surface area contributed by atoms with Gasteiger partial charge in [-0.15, -0.1) is 0 Å². The van der Waals surface area contributed by atoms with Crippen LogP contribution < -0.4 is 0 Å². The number of ether oxygens (including phenoxy) is 2. The molecule has 1 atom stereocenters. The maximum atomic E-state index is 11.8. The van der Waals surface area contributed by atoms with Crippen LogP contribution in [0.1, 0.15) is 39.0 Å². The highest BCUT2D eigenvalue weighted by Crippen LogP contribution is 2.36. The highest BCUT2D eigenvalue weighted by atomic mass is 16.5. The number of rotatable bonds is 7. The Morgan fingerprint density at radius 2 is 1.81 bits per heavy atom. The van der Waals surface area contributed by atoms with Crippen molar-refractivity contribution in [1.29, 1.82) is 0 Å². The Kier molecular flexibility index (Phi) is 6.92. The third kappa shape index (κ3) is 4.88. The molecule has 0 aromatic rings. The molecule has 1 aliphatic rings. The zero-order valence-corrected chi connectivity index (χ0v) is 13.1. The van der Waals surface area contributed by atoms with Crippen molar-refractivity contribution in [2.75, 3.05) is 14.2 Å². The lowest BCUT2D eigenvalue weighted by molar-refractivity contribution is -0.144. The Labute approximate surface area is 126 Å². The average Bonchev–Trinajstić information content (AvgIpc) is 2.52. The monoisotopic (exact) mass is 292 g/mol. The van der Waals surface area contributed by atoms with E-state index in [4.69, 9.17) is 9.47 Å². The molecule has 0 radical (unpaired) electrons. The molecular formula is C17H24O4. The largest absolute Gasteiger partial charge is 0.465 e. The summed E-state index contributed by atoms with van der Waals surface area (Å²) in [5.74, 6) is -1.31. The number of allylic oxidation sites excluding steroid dienone is 5. The van der Waals surface area contributed by atoms with Gasteiger partial charge in [0.2, 0.25) is 0 Å². The fraction of sp³-hybridized carbons (Fsp3) is 0.529. The van der Waals surface area contributed by atoms with Gasteiger partial charge >= 0.3 is 11.9 Å². The van der Waals surface area contributed by atoms with Crippen molar-refractivity contribution in [3.63, 3.8) is 0 Å². The van der Waals surface area contributed by atoms with Crippen molar-refractivity contribution >= 4 is 11.9 Å². The first-order valence-electron chi connectivity index (χ1n) is 7.32. The molecular weight excluding hydrogens is 268 g/mol. The Balaban J connectivity index is 3.07. The van der Waals surface area contributed by atoms with Gasteiger partial charge in [-0.1, -0.05) is 56.6 Å². The molecule has 0 aromatic carbocycles. The van der Waals surface area contributed by atoms with Crippen molar-refractivity contribution in [2.24, 2.45) is 5.41 Å². The number of hydrogen-bond donors (Lipinski definition) is 0. The molecule has 0 N–H and O–H groups in total. The maximum absolute atomic E-state index is 11.8. The maximum Gasteiger partial charge on any atom is 0.344 e. The van der Waals surface area contributed by atoms with Gasteiger partial charge in [-0.2, -0.15) is 0 Å². The molecule has 0 bridgehead atoms. The van der Waals surface area contributed by atoms with E-state index < -0.39 is 11.9 Å². The molecule has 0 amide bonds. The van der Waals surface area contributed by atoms with Crippen LogP contribution >= 0.6 is 0 Å². The Hall–Kier alpha value is -1.84. The summed E-state index contributed by atoms with van der Waals surface area (Å²) in [6.45, 7) is 2.15. The highest BCUT2D eigenvalue weighted by molar-refractivity contribution is 6.14. The van der Waals surface area contributed by atoms with E-state index in [2.05, 4.69) is 19.1 Å². The molecule has 0 fully saturated rings. The summed E-state index contributed by atoms with van der Waals surface area (Å²) in [6, 6.07) is 0. The van der Waals surface area contributed by atoms with Crippen molar-refractivity contribution in [1.82, 2.24) is 0 Å². The number of esters is 2. The van der Waals surface area contributed by atoms with Gasteiger partial charge in [0, 0.05) is 5.41 Å². The van der Waals surface area contributed by atoms with E-state index in [1.165, 1.54) is 14.2 Å². The first kappa shape index (κ1) is 17.2. The molecule has 21 heavy (non-hydrogen) atoms. The molecule has 0 aliphatic heterocycles. The van der Waals surface area contributed by atoms with E-state index >= 15 is 0 Å². The fourth-order valence-electron chi connectivity index (χ4n) is 2.46. The summed E-state index contributed by atoms with van der Waals surface area (Å²) in [7, 11) is 2.53. The van der Waals surface area contributed by atoms with Crippen molar-refractivity contribution in [3.05, 3.63) is 36.0 Å². The summed E-state index contributed by atoms with van der Waals surface area (Å²) in [6.07, 6.45) is 14.7. The second kappa shape index (κ2) is 8.45. The van der Waals surface area contributed by atoms with Crippen molar-refractivity contribution in [2.45, 2.75) is 39.0 Å². The lowest BCUT2D eigenvalue weighted by Crippen LogP contribution is -2.23. The van der Waals surface area contributed by atoms with E-state index in [1.54, 1.807) is 6.08 Å². The predicted molar refractivity (Wildman–Crippen MR) is 81.6 cm³/mol. The number of carbonyl (C=O) groups excluding carboxylic acids is 2. The summed E-state index contributed by atoms with van der Waals surface area (Å²) in [4.78, 5) is 23.6. The van der Waals surface area contributed by atoms with E-state index in [-0.39, 0.29) is 11.0 Å². The van der Waals surface area contributed by atoms with Crippen LogP contribution in [0.5, 0.6) is 0 Å². The van der Waals surface area contributed by atoms with Crippen LogP contribution in [0, 0.1) is 5.41 Å². The van der Waals surface area contributed by atoms with E-state index in [1.807, 2.05) is 12.2 Å². The lowest BCUT2D eigenvalue weighted by Gasteiger charge is -2.28. The molecule has 4 nitrogen and oxygen atoms in total. The third-order valence-corrected chi connectivity index (χ3v) is 3.66. The lowest BCUT2D eigenvalue weighted by atomic mass is 9.76. The van der Waals surface area contributed by atoms with Crippen molar-refractivity contribution in [3.8, 4) is 0 Å². The SMILES string of the molecule is CCCCCC1(C=C(C(=O)OC)C(=O)OC)C=CC=CC1. The van der Waals surface area contributed by atoms with Crippen LogP contribution in [-0.4, -0.2) is 26.2 Å². The van der Waals surface area contributed by atoms with Gasteiger partial charge in [0.25, 0.3) is 0 Å². The number of unbranched alkanes of at least 4 members (excludes halogenated alkanes) is 2. The van der Waals surface area contributed by atoms with Crippen LogP contribution in [0.25, 0.3) is 0 Å². The Bertz CT molecular complexity index is 441. The van der Waals surface area contributed by atoms with Gasteiger partial charge in [0.1, 0.15) is 5.57 Å². The van der Waals surface area contributed by atoms with Gasteiger partial charge in [-0.05, 0) is 12.8 Å². The molecule has 1 aliphatic carbocycles. The molecule has 0 aromatic heterocycles. The molecule has 1 rings (SSSR count). The third-order valence-electron chi connectivity index (χ3n) is 3.66. The second-order valence-electron chi connectivity index (χ2n) is 5.22. The summed E-state index contributed by atoms with van der Waals surface area (Å²) in [5.41, 5.74) is -0.349. The summed E-state index contributed by atoms with van der Waals surface area (Å²) in [5, 5.41) is 0. The zero-order chi connectivity index (χ0) is 15.7. The number of carbonyl (C=O) groups is 2. The van der Waals surface area contributed by atoms with Crippen LogP contribution in [-0.2, 0) is 19.1 Å². The Morgan fingerprint density at radius 3 is 2.29 bits per heavy atom. The molecule has 4 heteroatoms. The van der Waals surface area contributed by atoms with E-state index in [0.717, 1.165) is 32.1 Å². The molecule has 0 heterocycles. The summed E-state index contributed by atoms with van der Waals surface area (Å²) < 4.78 is 9.39. The minimum absolute atomic E-state index is 0.0311. The molecule has 0 saturated carbocycles. The number of hydrogen-bond acceptors (Lipinski definition) is 4. The van der Waals surface area contributed by atoms with Gasteiger partial charge in [-0.3, -0.25) is 0 Å². The van der Waals surface area contributed by atoms with Crippen LogP contribution in [0.4, 0.5) is 0 Å². The topological polar surface area (TPSA) is 52.6 Å². The minimum Gasteiger partial charge on any atom is -0.465 e. The van der Waals surface area contributed by atoms with Gasteiger partial charge < -0.3 is 9.47 Å². The minimum atomic E-state index is -0.653. The van der Waals surface area contributed by atoms with Gasteiger partial charge in [0.15, 0.2) is 0 Å². The van der Waals surface area contributed by atoms with E-state index in [0.29, 0.717) is 0 Å².